The second-order valence-corrected chi connectivity index (χ2v) is 5.65. The van der Waals surface area contributed by atoms with E-state index in [1.807, 2.05) is 31.2 Å². The number of carbonyl (C=O) groups is 1. The molecule has 0 heterocycles. The van der Waals surface area contributed by atoms with Crippen LogP contribution in [0.5, 0.6) is 0 Å². The van der Waals surface area contributed by atoms with Gasteiger partial charge in [-0.1, -0.05) is 34.1 Å². The molecule has 3 aromatic rings. The van der Waals surface area contributed by atoms with Crippen molar-refractivity contribution in [2.45, 2.75) is 6.92 Å². The highest BCUT2D eigenvalue weighted by atomic mass is 79.9. The van der Waals surface area contributed by atoms with E-state index in [4.69, 9.17) is 0 Å². The lowest BCUT2D eigenvalue weighted by molar-refractivity contribution is 0.0957. The number of nitrogens with one attached hydrogen (secondary N) is 1. The van der Waals surface area contributed by atoms with Gasteiger partial charge in [-0.15, -0.1) is 0 Å². The highest BCUT2D eigenvalue weighted by Gasteiger charge is 2.09. The first-order valence-electron chi connectivity index (χ1n) is 6.59. The Labute approximate surface area is 125 Å². The Morgan fingerprint density at radius 1 is 1.05 bits per heavy atom. The van der Waals surface area contributed by atoms with Crippen molar-refractivity contribution in [3.8, 4) is 0 Å². The Morgan fingerprint density at radius 2 is 1.90 bits per heavy atom. The zero-order chi connectivity index (χ0) is 14.1. The summed E-state index contributed by atoms with van der Waals surface area (Å²) in [5.41, 5.74) is 0.731. The minimum absolute atomic E-state index is 0.0189. The SMILES string of the molecule is CCNC(=O)c1cccc2cc3cc(Br)ccc3cc12. The van der Waals surface area contributed by atoms with Crippen LogP contribution in [0.1, 0.15) is 17.3 Å². The number of hydrogen-bond donors (Lipinski definition) is 1. The minimum atomic E-state index is -0.0189. The van der Waals surface area contributed by atoms with E-state index in [1.54, 1.807) is 0 Å². The molecule has 0 bridgehead atoms. The quantitative estimate of drug-likeness (QED) is 0.689. The lowest BCUT2D eigenvalue weighted by atomic mass is 9.99. The summed E-state index contributed by atoms with van der Waals surface area (Å²) in [6.07, 6.45) is 0. The summed E-state index contributed by atoms with van der Waals surface area (Å²) in [6.45, 7) is 2.56. The van der Waals surface area contributed by atoms with Crippen molar-refractivity contribution in [1.29, 1.82) is 0 Å². The largest absolute Gasteiger partial charge is 0.352 e. The fraction of sp³-hybridized carbons (Fsp3) is 0.118. The van der Waals surface area contributed by atoms with Crippen molar-refractivity contribution in [1.82, 2.24) is 5.32 Å². The van der Waals surface area contributed by atoms with E-state index in [9.17, 15) is 4.79 Å². The van der Waals surface area contributed by atoms with Crippen molar-refractivity contribution in [2.75, 3.05) is 6.54 Å². The summed E-state index contributed by atoms with van der Waals surface area (Å²) in [5.74, 6) is -0.0189. The number of rotatable bonds is 2. The summed E-state index contributed by atoms with van der Waals surface area (Å²) in [7, 11) is 0. The maximum absolute atomic E-state index is 12.1. The first-order valence-corrected chi connectivity index (χ1v) is 7.38. The maximum atomic E-state index is 12.1. The fourth-order valence-electron chi connectivity index (χ4n) is 2.45. The number of hydrogen-bond acceptors (Lipinski definition) is 1. The third-order valence-electron chi connectivity index (χ3n) is 3.38. The van der Waals surface area contributed by atoms with Crippen molar-refractivity contribution in [3.05, 3.63) is 58.6 Å². The van der Waals surface area contributed by atoms with Gasteiger partial charge in [0, 0.05) is 16.6 Å². The van der Waals surface area contributed by atoms with Crippen molar-refractivity contribution in [2.24, 2.45) is 0 Å². The Kier molecular flexibility index (Phi) is 3.45. The van der Waals surface area contributed by atoms with E-state index in [2.05, 4.69) is 45.5 Å². The van der Waals surface area contributed by atoms with Gasteiger partial charge < -0.3 is 5.32 Å². The van der Waals surface area contributed by atoms with Crippen molar-refractivity contribution in [3.63, 3.8) is 0 Å². The number of amides is 1. The van der Waals surface area contributed by atoms with Gasteiger partial charge in [-0.2, -0.15) is 0 Å². The number of halogens is 1. The maximum Gasteiger partial charge on any atom is 0.251 e. The first kappa shape index (κ1) is 13.1. The van der Waals surface area contributed by atoms with Gasteiger partial charge in [-0.05, 0) is 58.8 Å². The van der Waals surface area contributed by atoms with Crippen LogP contribution in [0.2, 0.25) is 0 Å². The normalized spacial score (nSPS) is 10.9. The molecular weight excluding hydrogens is 314 g/mol. The topological polar surface area (TPSA) is 29.1 Å². The Bertz CT molecular complexity index is 811. The average molecular weight is 328 g/mol. The second-order valence-electron chi connectivity index (χ2n) is 4.73. The molecule has 0 fully saturated rings. The Morgan fingerprint density at radius 3 is 2.70 bits per heavy atom. The lowest BCUT2D eigenvalue weighted by Crippen LogP contribution is -2.22. The van der Waals surface area contributed by atoms with Crippen LogP contribution in [0.4, 0.5) is 0 Å². The van der Waals surface area contributed by atoms with Crippen LogP contribution in [-0.4, -0.2) is 12.5 Å². The van der Waals surface area contributed by atoms with E-state index < -0.39 is 0 Å². The molecule has 0 aliphatic heterocycles. The van der Waals surface area contributed by atoms with E-state index in [0.717, 1.165) is 26.2 Å². The molecule has 20 heavy (non-hydrogen) atoms. The van der Waals surface area contributed by atoms with Gasteiger partial charge in [0.25, 0.3) is 5.91 Å². The molecular formula is C17H14BrNO. The van der Waals surface area contributed by atoms with E-state index >= 15 is 0 Å². The summed E-state index contributed by atoms with van der Waals surface area (Å²) >= 11 is 3.49. The molecule has 0 aliphatic rings. The van der Waals surface area contributed by atoms with Crippen LogP contribution in [0.3, 0.4) is 0 Å². The van der Waals surface area contributed by atoms with Crippen molar-refractivity contribution >= 4 is 43.4 Å². The molecule has 2 nitrogen and oxygen atoms in total. The second kappa shape index (κ2) is 5.25. The summed E-state index contributed by atoms with van der Waals surface area (Å²) < 4.78 is 1.06. The summed E-state index contributed by atoms with van der Waals surface area (Å²) in [5, 5.41) is 7.24. The van der Waals surface area contributed by atoms with Gasteiger partial charge >= 0.3 is 0 Å². The Hall–Kier alpha value is -1.87. The molecule has 0 unspecified atom stereocenters. The number of carbonyl (C=O) groups excluding carboxylic acids is 1. The van der Waals surface area contributed by atoms with Gasteiger partial charge in [0.1, 0.15) is 0 Å². The molecule has 0 spiro atoms. The predicted molar refractivity (Wildman–Crippen MR) is 87.2 cm³/mol. The molecule has 100 valence electrons. The van der Waals surface area contributed by atoms with Gasteiger partial charge in [0.05, 0.1) is 0 Å². The summed E-state index contributed by atoms with van der Waals surface area (Å²) in [6, 6.07) is 16.2. The molecule has 0 aliphatic carbocycles. The van der Waals surface area contributed by atoms with E-state index in [-0.39, 0.29) is 5.91 Å². The monoisotopic (exact) mass is 327 g/mol. The van der Waals surface area contributed by atoms with Crippen molar-refractivity contribution < 1.29 is 4.79 Å². The number of fused-ring (bicyclic) bond motifs is 2. The fourth-order valence-corrected chi connectivity index (χ4v) is 2.83. The average Bonchev–Trinajstić information content (AvgIpc) is 2.44. The van der Waals surface area contributed by atoms with Gasteiger partial charge in [0.2, 0.25) is 0 Å². The van der Waals surface area contributed by atoms with Crippen LogP contribution in [0, 0.1) is 0 Å². The highest BCUT2D eigenvalue weighted by Crippen LogP contribution is 2.27. The van der Waals surface area contributed by atoms with E-state index in [0.29, 0.717) is 6.54 Å². The standard InChI is InChI=1S/C17H14BrNO/c1-2-19-17(20)15-5-3-4-12-8-13-9-14(18)7-6-11(13)10-16(12)15/h3-10H,2H2,1H3,(H,19,20). The predicted octanol–water partition coefficient (Wildman–Crippen LogP) is 4.51. The minimum Gasteiger partial charge on any atom is -0.352 e. The molecule has 0 saturated heterocycles. The lowest BCUT2D eigenvalue weighted by Gasteiger charge is -2.08. The zero-order valence-electron chi connectivity index (χ0n) is 11.1. The van der Waals surface area contributed by atoms with Gasteiger partial charge in [-0.25, -0.2) is 0 Å². The number of benzene rings is 3. The van der Waals surface area contributed by atoms with Crippen LogP contribution in [-0.2, 0) is 0 Å². The van der Waals surface area contributed by atoms with Crippen LogP contribution in [0.15, 0.2) is 53.0 Å². The molecule has 0 atom stereocenters. The van der Waals surface area contributed by atoms with E-state index in [1.165, 1.54) is 5.39 Å². The first-order chi connectivity index (χ1) is 9.69. The van der Waals surface area contributed by atoms with Crippen LogP contribution < -0.4 is 5.32 Å². The molecule has 3 heteroatoms. The van der Waals surface area contributed by atoms with Crippen LogP contribution >= 0.6 is 15.9 Å². The smallest absolute Gasteiger partial charge is 0.251 e. The molecule has 3 aromatic carbocycles. The third kappa shape index (κ3) is 2.29. The van der Waals surface area contributed by atoms with Crippen LogP contribution in [0.25, 0.3) is 21.5 Å². The Balaban J connectivity index is 2.28. The van der Waals surface area contributed by atoms with Gasteiger partial charge in [0.15, 0.2) is 0 Å². The molecule has 1 N–H and O–H groups in total. The molecule has 0 saturated carbocycles. The third-order valence-corrected chi connectivity index (χ3v) is 3.87. The molecule has 0 aromatic heterocycles. The molecule has 3 rings (SSSR count). The summed E-state index contributed by atoms with van der Waals surface area (Å²) in [4.78, 5) is 12.1. The highest BCUT2D eigenvalue weighted by molar-refractivity contribution is 9.10. The molecule has 0 radical (unpaired) electrons. The van der Waals surface area contributed by atoms with Gasteiger partial charge in [-0.3, -0.25) is 4.79 Å². The molecule has 1 amide bonds. The zero-order valence-corrected chi connectivity index (χ0v) is 12.7.